The molecule has 0 aromatic carbocycles. The van der Waals surface area contributed by atoms with E-state index in [0.717, 1.165) is 18.5 Å². The number of nitrogens with one attached hydrogen (secondary N) is 1. The van der Waals surface area contributed by atoms with Crippen LogP contribution < -0.4 is 11.1 Å². The second kappa shape index (κ2) is 6.23. The SMILES string of the molecule is CCC(N)CCNC(=O)c1ccc(C)nc1. The highest BCUT2D eigenvalue weighted by Crippen LogP contribution is 1.99. The lowest BCUT2D eigenvalue weighted by Gasteiger charge is -2.09. The highest BCUT2D eigenvalue weighted by molar-refractivity contribution is 5.93. The number of hydrogen-bond acceptors (Lipinski definition) is 3. The highest BCUT2D eigenvalue weighted by Gasteiger charge is 2.05. The van der Waals surface area contributed by atoms with Gasteiger partial charge in [0.25, 0.3) is 5.91 Å². The molecule has 0 fully saturated rings. The van der Waals surface area contributed by atoms with Gasteiger partial charge in [-0.3, -0.25) is 9.78 Å². The zero-order valence-corrected chi connectivity index (χ0v) is 9.86. The van der Waals surface area contributed by atoms with Gasteiger partial charge in [-0.2, -0.15) is 0 Å². The van der Waals surface area contributed by atoms with Crippen molar-refractivity contribution < 1.29 is 4.79 Å². The molecule has 0 aliphatic carbocycles. The second-order valence-corrected chi connectivity index (χ2v) is 3.90. The van der Waals surface area contributed by atoms with E-state index in [1.54, 1.807) is 12.3 Å². The summed E-state index contributed by atoms with van der Waals surface area (Å²) in [4.78, 5) is 15.7. The van der Waals surface area contributed by atoms with E-state index in [4.69, 9.17) is 5.73 Å². The minimum atomic E-state index is -0.0872. The van der Waals surface area contributed by atoms with Crippen molar-refractivity contribution in [2.24, 2.45) is 5.73 Å². The van der Waals surface area contributed by atoms with Gasteiger partial charge in [-0.1, -0.05) is 6.92 Å². The molecule has 0 saturated carbocycles. The number of aryl methyl sites for hydroxylation is 1. The van der Waals surface area contributed by atoms with Crippen molar-refractivity contribution in [2.75, 3.05) is 6.54 Å². The van der Waals surface area contributed by atoms with Gasteiger partial charge in [-0.25, -0.2) is 0 Å². The normalized spacial score (nSPS) is 12.2. The lowest BCUT2D eigenvalue weighted by atomic mass is 10.1. The third-order valence-corrected chi connectivity index (χ3v) is 2.50. The number of aromatic nitrogens is 1. The molecule has 4 heteroatoms. The number of pyridine rings is 1. The fraction of sp³-hybridized carbons (Fsp3) is 0.500. The fourth-order valence-electron chi connectivity index (χ4n) is 1.28. The van der Waals surface area contributed by atoms with Crippen LogP contribution in [0.1, 0.15) is 35.8 Å². The zero-order chi connectivity index (χ0) is 12.0. The molecular formula is C12H19N3O. The zero-order valence-electron chi connectivity index (χ0n) is 9.86. The van der Waals surface area contributed by atoms with Crippen LogP contribution in [0.15, 0.2) is 18.3 Å². The summed E-state index contributed by atoms with van der Waals surface area (Å²) < 4.78 is 0. The van der Waals surface area contributed by atoms with Gasteiger partial charge in [0.2, 0.25) is 0 Å². The predicted molar refractivity (Wildman–Crippen MR) is 64.2 cm³/mol. The van der Waals surface area contributed by atoms with Crippen molar-refractivity contribution in [3.05, 3.63) is 29.6 Å². The molecule has 1 amide bonds. The van der Waals surface area contributed by atoms with Gasteiger partial charge < -0.3 is 11.1 Å². The maximum absolute atomic E-state index is 11.6. The summed E-state index contributed by atoms with van der Waals surface area (Å²) in [6.45, 7) is 4.54. The molecule has 0 bridgehead atoms. The number of hydrogen-bond donors (Lipinski definition) is 2. The molecule has 16 heavy (non-hydrogen) atoms. The largest absolute Gasteiger partial charge is 0.352 e. The third kappa shape index (κ3) is 3.98. The number of carbonyl (C=O) groups is 1. The van der Waals surface area contributed by atoms with Crippen LogP contribution in [-0.4, -0.2) is 23.5 Å². The van der Waals surface area contributed by atoms with E-state index in [-0.39, 0.29) is 11.9 Å². The van der Waals surface area contributed by atoms with E-state index >= 15 is 0 Å². The summed E-state index contributed by atoms with van der Waals surface area (Å²) in [5.41, 5.74) is 7.25. The summed E-state index contributed by atoms with van der Waals surface area (Å²) in [6, 6.07) is 3.76. The van der Waals surface area contributed by atoms with Crippen LogP contribution in [0.2, 0.25) is 0 Å². The maximum Gasteiger partial charge on any atom is 0.252 e. The Hall–Kier alpha value is -1.42. The van der Waals surface area contributed by atoms with Crippen molar-refractivity contribution in [1.29, 1.82) is 0 Å². The van der Waals surface area contributed by atoms with Crippen LogP contribution in [0.5, 0.6) is 0 Å². The number of amides is 1. The average Bonchev–Trinajstić information content (AvgIpc) is 2.29. The van der Waals surface area contributed by atoms with Crippen molar-refractivity contribution in [2.45, 2.75) is 32.7 Å². The molecule has 0 aliphatic rings. The number of rotatable bonds is 5. The van der Waals surface area contributed by atoms with Gasteiger partial charge in [0, 0.05) is 24.5 Å². The Labute approximate surface area is 96.3 Å². The van der Waals surface area contributed by atoms with Gasteiger partial charge in [-0.15, -0.1) is 0 Å². The summed E-state index contributed by atoms with van der Waals surface area (Å²) >= 11 is 0. The molecule has 1 atom stereocenters. The Morgan fingerprint density at radius 1 is 1.56 bits per heavy atom. The molecule has 0 aliphatic heterocycles. The first kappa shape index (κ1) is 12.6. The van der Waals surface area contributed by atoms with Crippen molar-refractivity contribution in [1.82, 2.24) is 10.3 Å². The molecule has 3 N–H and O–H groups in total. The Morgan fingerprint density at radius 3 is 2.88 bits per heavy atom. The standard InChI is InChI=1S/C12H19N3O/c1-3-11(13)6-7-14-12(16)10-5-4-9(2)15-8-10/h4-5,8,11H,3,6-7,13H2,1-2H3,(H,14,16). The van der Waals surface area contributed by atoms with E-state index in [1.165, 1.54) is 0 Å². The molecular weight excluding hydrogens is 202 g/mol. The molecule has 88 valence electrons. The Bertz CT molecular complexity index is 335. The summed E-state index contributed by atoms with van der Waals surface area (Å²) in [5.74, 6) is -0.0872. The monoisotopic (exact) mass is 221 g/mol. The van der Waals surface area contributed by atoms with Crippen LogP contribution in [0.3, 0.4) is 0 Å². The van der Waals surface area contributed by atoms with Gasteiger partial charge in [-0.05, 0) is 31.9 Å². The Morgan fingerprint density at radius 2 is 2.31 bits per heavy atom. The van der Waals surface area contributed by atoms with Gasteiger partial charge in [0.1, 0.15) is 0 Å². The van der Waals surface area contributed by atoms with Crippen LogP contribution >= 0.6 is 0 Å². The van der Waals surface area contributed by atoms with E-state index in [9.17, 15) is 4.79 Å². The van der Waals surface area contributed by atoms with Gasteiger partial charge in [0.05, 0.1) is 5.56 Å². The molecule has 1 unspecified atom stereocenters. The van der Waals surface area contributed by atoms with Gasteiger partial charge in [0.15, 0.2) is 0 Å². The first-order valence-corrected chi connectivity index (χ1v) is 5.60. The number of carbonyl (C=O) groups excluding carboxylic acids is 1. The Balaban J connectivity index is 2.38. The minimum absolute atomic E-state index is 0.0872. The van der Waals surface area contributed by atoms with E-state index in [1.807, 2.05) is 19.9 Å². The molecule has 0 saturated heterocycles. The third-order valence-electron chi connectivity index (χ3n) is 2.50. The fourth-order valence-corrected chi connectivity index (χ4v) is 1.28. The number of nitrogens with zero attached hydrogens (tertiary/aromatic N) is 1. The topological polar surface area (TPSA) is 68.0 Å². The molecule has 1 rings (SSSR count). The van der Waals surface area contributed by atoms with Crippen LogP contribution in [0.4, 0.5) is 0 Å². The van der Waals surface area contributed by atoms with Crippen molar-refractivity contribution >= 4 is 5.91 Å². The molecule has 1 aromatic heterocycles. The summed E-state index contributed by atoms with van der Waals surface area (Å²) in [6.07, 6.45) is 3.33. The summed E-state index contributed by atoms with van der Waals surface area (Å²) in [7, 11) is 0. The second-order valence-electron chi connectivity index (χ2n) is 3.90. The first-order chi connectivity index (χ1) is 7.63. The van der Waals surface area contributed by atoms with E-state index < -0.39 is 0 Å². The molecule has 1 aromatic rings. The highest BCUT2D eigenvalue weighted by atomic mass is 16.1. The molecule has 4 nitrogen and oxygen atoms in total. The van der Waals surface area contributed by atoms with Crippen LogP contribution in [0, 0.1) is 6.92 Å². The molecule has 0 spiro atoms. The van der Waals surface area contributed by atoms with Crippen molar-refractivity contribution in [3.63, 3.8) is 0 Å². The smallest absolute Gasteiger partial charge is 0.252 e. The average molecular weight is 221 g/mol. The van der Waals surface area contributed by atoms with Crippen molar-refractivity contribution in [3.8, 4) is 0 Å². The minimum Gasteiger partial charge on any atom is -0.352 e. The van der Waals surface area contributed by atoms with Gasteiger partial charge >= 0.3 is 0 Å². The van der Waals surface area contributed by atoms with Crippen LogP contribution in [0.25, 0.3) is 0 Å². The first-order valence-electron chi connectivity index (χ1n) is 5.60. The summed E-state index contributed by atoms with van der Waals surface area (Å²) in [5, 5.41) is 2.82. The lowest BCUT2D eigenvalue weighted by molar-refractivity contribution is 0.0952. The van der Waals surface area contributed by atoms with E-state index in [0.29, 0.717) is 12.1 Å². The predicted octanol–water partition coefficient (Wildman–Crippen LogP) is 1.25. The quantitative estimate of drug-likeness (QED) is 0.786. The number of nitrogens with two attached hydrogens (primary N) is 1. The molecule has 1 heterocycles. The maximum atomic E-state index is 11.6. The van der Waals surface area contributed by atoms with Crippen LogP contribution in [-0.2, 0) is 0 Å². The molecule has 0 radical (unpaired) electrons. The van der Waals surface area contributed by atoms with E-state index in [2.05, 4.69) is 10.3 Å². The Kier molecular flexibility index (Phi) is 4.92. The lowest BCUT2D eigenvalue weighted by Crippen LogP contribution is -2.30.